The van der Waals surface area contributed by atoms with Crippen LogP contribution in [0.3, 0.4) is 0 Å². The first kappa shape index (κ1) is 12.3. The average Bonchev–Trinajstić information content (AvgIpc) is 2.87. The molecule has 1 saturated carbocycles. The summed E-state index contributed by atoms with van der Waals surface area (Å²) in [5, 5.41) is 12.3. The van der Waals surface area contributed by atoms with E-state index in [0.717, 1.165) is 25.7 Å². The molecule has 2 fully saturated rings. The van der Waals surface area contributed by atoms with Gasteiger partial charge in [-0.05, 0) is 12.8 Å². The van der Waals surface area contributed by atoms with Crippen molar-refractivity contribution in [3.8, 4) is 6.07 Å². The highest BCUT2D eigenvalue weighted by Crippen LogP contribution is 2.36. The van der Waals surface area contributed by atoms with Crippen molar-refractivity contribution in [2.24, 2.45) is 0 Å². The number of nitrogens with zero attached hydrogens (tertiary/aromatic N) is 3. The topological polar surface area (TPSA) is 80.1 Å². The summed E-state index contributed by atoms with van der Waals surface area (Å²) >= 11 is 0. The van der Waals surface area contributed by atoms with Crippen molar-refractivity contribution >= 4 is 5.82 Å². The molecular formula is C13H16N4O2. The number of rotatable bonds is 2. The molecule has 1 aromatic rings. The first-order chi connectivity index (χ1) is 9.31. The average molecular weight is 260 g/mol. The van der Waals surface area contributed by atoms with Gasteiger partial charge in [0.25, 0.3) is 0 Å². The van der Waals surface area contributed by atoms with E-state index in [0.29, 0.717) is 24.7 Å². The van der Waals surface area contributed by atoms with E-state index in [1.54, 1.807) is 6.20 Å². The van der Waals surface area contributed by atoms with Crippen molar-refractivity contribution in [3.63, 3.8) is 0 Å². The van der Waals surface area contributed by atoms with Crippen LogP contribution in [0.25, 0.3) is 0 Å². The zero-order chi connectivity index (χ0) is 13.1. The lowest BCUT2D eigenvalue weighted by atomic mass is 9.90. The zero-order valence-electron chi connectivity index (χ0n) is 10.6. The molecule has 2 aliphatic rings. The van der Waals surface area contributed by atoms with Crippen LogP contribution in [0.1, 0.15) is 31.4 Å². The van der Waals surface area contributed by atoms with Crippen LogP contribution in [0.15, 0.2) is 12.4 Å². The Bertz CT molecular complexity index is 494. The largest absolute Gasteiger partial charge is 0.365 e. The van der Waals surface area contributed by atoms with Crippen molar-refractivity contribution in [2.45, 2.75) is 37.5 Å². The maximum absolute atomic E-state index is 9.01. The standard InChI is InChI=1S/C13H16N4O2/c14-9-11-12(16-5-4-15-11)17-10-2-1-3-13(8-10)18-6-7-19-13/h4-5,10H,1-3,6-8H2,(H,16,17)/t10-/m1/s1. The number of nitriles is 1. The second-order valence-corrected chi connectivity index (χ2v) is 4.91. The molecule has 0 radical (unpaired) electrons. The second kappa shape index (κ2) is 5.11. The van der Waals surface area contributed by atoms with Gasteiger partial charge in [0.15, 0.2) is 17.3 Å². The molecular weight excluding hydrogens is 244 g/mol. The van der Waals surface area contributed by atoms with Crippen LogP contribution in [0.4, 0.5) is 5.82 Å². The van der Waals surface area contributed by atoms with Gasteiger partial charge in [0.2, 0.25) is 0 Å². The smallest absolute Gasteiger partial charge is 0.182 e. The Balaban J connectivity index is 1.71. The van der Waals surface area contributed by atoms with E-state index in [1.165, 1.54) is 6.20 Å². The predicted octanol–water partition coefficient (Wildman–Crippen LogP) is 1.45. The maximum atomic E-state index is 9.01. The summed E-state index contributed by atoms with van der Waals surface area (Å²) in [6.07, 6.45) is 6.90. The Kier molecular flexibility index (Phi) is 3.32. The molecule has 0 amide bonds. The minimum atomic E-state index is -0.426. The lowest BCUT2D eigenvalue weighted by Gasteiger charge is -2.36. The van der Waals surface area contributed by atoms with E-state index in [4.69, 9.17) is 14.7 Å². The molecule has 1 saturated heterocycles. The van der Waals surface area contributed by atoms with Crippen LogP contribution < -0.4 is 5.32 Å². The number of ether oxygens (including phenoxy) is 2. The van der Waals surface area contributed by atoms with Crippen molar-refractivity contribution < 1.29 is 9.47 Å². The predicted molar refractivity (Wildman–Crippen MR) is 67.3 cm³/mol. The molecule has 1 aliphatic carbocycles. The molecule has 1 atom stereocenters. The number of hydrogen-bond donors (Lipinski definition) is 1. The highest BCUT2D eigenvalue weighted by molar-refractivity contribution is 5.47. The van der Waals surface area contributed by atoms with Gasteiger partial charge in [-0.25, -0.2) is 9.97 Å². The quantitative estimate of drug-likeness (QED) is 0.866. The Hall–Kier alpha value is -1.71. The van der Waals surface area contributed by atoms with Gasteiger partial charge in [0.1, 0.15) is 6.07 Å². The molecule has 100 valence electrons. The molecule has 2 heterocycles. The Morgan fingerprint density at radius 1 is 1.32 bits per heavy atom. The van der Waals surface area contributed by atoms with Crippen LogP contribution in [0.2, 0.25) is 0 Å². The summed E-state index contributed by atoms with van der Waals surface area (Å²) in [5.74, 6) is 0.121. The summed E-state index contributed by atoms with van der Waals surface area (Å²) in [6.45, 7) is 1.34. The number of nitrogens with one attached hydrogen (secondary N) is 1. The van der Waals surface area contributed by atoms with Gasteiger partial charge in [-0.1, -0.05) is 0 Å². The van der Waals surface area contributed by atoms with Crippen LogP contribution >= 0.6 is 0 Å². The van der Waals surface area contributed by atoms with Gasteiger partial charge < -0.3 is 14.8 Å². The van der Waals surface area contributed by atoms with Crippen LogP contribution in [-0.4, -0.2) is 35.0 Å². The summed E-state index contributed by atoms with van der Waals surface area (Å²) in [5.41, 5.74) is 0.329. The summed E-state index contributed by atoms with van der Waals surface area (Å²) in [6, 6.07) is 2.25. The van der Waals surface area contributed by atoms with E-state index in [1.807, 2.05) is 6.07 Å². The van der Waals surface area contributed by atoms with Crippen molar-refractivity contribution in [1.29, 1.82) is 5.26 Å². The van der Waals surface area contributed by atoms with Crippen molar-refractivity contribution in [1.82, 2.24) is 9.97 Å². The van der Waals surface area contributed by atoms with Gasteiger partial charge >= 0.3 is 0 Å². The fraction of sp³-hybridized carbons (Fsp3) is 0.615. The van der Waals surface area contributed by atoms with E-state index in [-0.39, 0.29) is 6.04 Å². The van der Waals surface area contributed by atoms with Gasteiger partial charge in [0.05, 0.1) is 13.2 Å². The Morgan fingerprint density at radius 3 is 2.89 bits per heavy atom. The molecule has 1 aliphatic heterocycles. The monoisotopic (exact) mass is 260 g/mol. The van der Waals surface area contributed by atoms with E-state index in [9.17, 15) is 0 Å². The maximum Gasteiger partial charge on any atom is 0.182 e. The van der Waals surface area contributed by atoms with Gasteiger partial charge in [-0.2, -0.15) is 5.26 Å². The molecule has 6 heteroatoms. The highest BCUT2D eigenvalue weighted by atomic mass is 16.7. The van der Waals surface area contributed by atoms with Crippen molar-refractivity contribution in [3.05, 3.63) is 18.1 Å². The van der Waals surface area contributed by atoms with Gasteiger partial charge in [-0.15, -0.1) is 0 Å². The zero-order valence-corrected chi connectivity index (χ0v) is 10.6. The third-order valence-electron chi connectivity index (χ3n) is 3.63. The minimum absolute atomic E-state index is 0.204. The molecule has 0 bridgehead atoms. The van der Waals surface area contributed by atoms with Crippen LogP contribution in [-0.2, 0) is 9.47 Å². The number of hydrogen-bond acceptors (Lipinski definition) is 6. The number of anilines is 1. The first-order valence-electron chi connectivity index (χ1n) is 6.57. The molecule has 1 N–H and O–H groups in total. The molecule has 1 spiro atoms. The van der Waals surface area contributed by atoms with Crippen LogP contribution in [0, 0.1) is 11.3 Å². The molecule has 0 unspecified atom stereocenters. The normalized spacial score (nSPS) is 25.1. The third kappa shape index (κ3) is 2.53. The summed E-state index contributed by atoms with van der Waals surface area (Å²) in [7, 11) is 0. The Morgan fingerprint density at radius 2 is 2.11 bits per heavy atom. The fourth-order valence-electron chi connectivity index (χ4n) is 2.80. The van der Waals surface area contributed by atoms with E-state index in [2.05, 4.69) is 15.3 Å². The van der Waals surface area contributed by atoms with Crippen molar-refractivity contribution in [2.75, 3.05) is 18.5 Å². The second-order valence-electron chi connectivity index (χ2n) is 4.91. The number of aromatic nitrogens is 2. The van der Waals surface area contributed by atoms with Gasteiger partial charge in [0, 0.05) is 31.3 Å². The molecule has 3 rings (SSSR count). The molecule has 0 aromatic carbocycles. The van der Waals surface area contributed by atoms with E-state index < -0.39 is 5.79 Å². The summed E-state index contributed by atoms with van der Waals surface area (Å²) in [4.78, 5) is 8.18. The van der Waals surface area contributed by atoms with Crippen LogP contribution in [0.5, 0.6) is 0 Å². The van der Waals surface area contributed by atoms with Gasteiger partial charge in [-0.3, -0.25) is 0 Å². The SMILES string of the molecule is N#Cc1nccnc1N[C@@H]1CCCC2(C1)OCCO2. The summed E-state index contributed by atoms with van der Waals surface area (Å²) < 4.78 is 11.5. The minimum Gasteiger partial charge on any atom is -0.365 e. The Labute approximate surface area is 111 Å². The molecule has 19 heavy (non-hydrogen) atoms. The third-order valence-corrected chi connectivity index (χ3v) is 3.63. The highest BCUT2D eigenvalue weighted by Gasteiger charge is 2.41. The lowest BCUT2D eigenvalue weighted by Crippen LogP contribution is -2.41. The lowest BCUT2D eigenvalue weighted by molar-refractivity contribution is -0.178. The fourth-order valence-corrected chi connectivity index (χ4v) is 2.80. The first-order valence-corrected chi connectivity index (χ1v) is 6.57. The molecule has 6 nitrogen and oxygen atoms in total. The molecule has 1 aromatic heterocycles. The van der Waals surface area contributed by atoms with E-state index >= 15 is 0 Å².